The molecule has 2 aromatic heterocycles. The number of carbonyl (C=O) groups excluding carboxylic acids is 1. The van der Waals surface area contributed by atoms with E-state index in [9.17, 15) is 14.4 Å². The van der Waals surface area contributed by atoms with Crippen molar-refractivity contribution in [3.8, 4) is 11.1 Å². The van der Waals surface area contributed by atoms with Gasteiger partial charge in [0.2, 0.25) is 5.91 Å². The minimum absolute atomic E-state index is 0.103. The second-order valence-electron chi connectivity index (χ2n) is 7.22. The number of carboxylic acids is 2. The Balaban J connectivity index is 1.62. The summed E-state index contributed by atoms with van der Waals surface area (Å²) >= 11 is 1.60. The number of carboxylic acid groups (broad SMARTS) is 2. The molecule has 9 nitrogen and oxygen atoms in total. The number of thiophene rings is 1. The standard InChI is InChI=1S/C22H24N4O5S/c1-13-18(14-6-3-2-4-7-14)19-20(24-12-25-21(19)32-13)23-11-5-8-16(27)26-15(22(30)31)9-10-17(28)29/h2-4,6-7,12,15H,5,8-11H2,1H3,(H,26,27)(H,28,29)(H,30,31)(H,23,24,25). The van der Waals surface area contributed by atoms with Gasteiger partial charge in [0.25, 0.3) is 0 Å². The fraction of sp³-hybridized carbons (Fsp3) is 0.318. The molecule has 1 unspecified atom stereocenters. The van der Waals surface area contributed by atoms with E-state index in [0.29, 0.717) is 18.8 Å². The number of aliphatic carboxylic acids is 2. The molecule has 2 heterocycles. The maximum Gasteiger partial charge on any atom is 0.326 e. The van der Waals surface area contributed by atoms with Crippen molar-refractivity contribution >= 4 is 45.2 Å². The number of hydrogen-bond donors (Lipinski definition) is 4. The number of benzene rings is 1. The Bertz CT molecular complexity index is 1120. The second-order valence-corrected chi connectivity index (χ2v) is 8.43. The number of amides is 1. The molecule has 3 aromatic rings. The van der Waals surface area contributed by atoms with Crippen LogP contribution in [0.4, 0.5) is 5.82 Å². The highest BCUT2D eigenvalue weighted by molar-refractivity contribution is 7.19. The zero-order chi connectivity index (χ0) is 23.1. The van der Waals surface area contributed by atoms with Crippen LogP contribution in [0.25, 0.3) is 21.3 Å². The summed E-state index contributed by atoms with van der Waals surface area (Å²) in [6, 6.07) is 8.79. The molecule has 1 amide bonds. The van der Waals surface area contributed by atoms with Gasteiger partial charge in [0.15, 0.2) is 0 Å². The minimum atomic E-state index is -1.25. The average Bonchev–Trinajstić information content (AvgIpc) is 3.10. The zero-order valence-electron chi connectivity index (χ0n) is 17.5. The monoisotopic (exact) mass is 456 g/mol. The maximum absolute atomic E-state index is 12.1. The topological polar surface area (TPSA) is 142 Å². The predicted octanol–water partition coefficient (Wildman–Crippen LogP) is 3.29. The molecule has 0 radical (unpaired) electrons. The fourth-order valence-electron chi connectivity index (χ4n) is 3.38. The van der Waals surface area contributed by atoms with Crippen molar-refractivity contribution in [3.05, 3.63) is 41.5 Å². The molecule has 0 spiro atoms. The summed E-state index contributed by atoms with van der Waals surface area (Å²) in [5.74, 6) is -2.11. The van der Waals surface area contributed by atoms with E-state index < -0.39 is 23.9 Å². The van der Waals surface area contributed by atoms with Crippen molar-refractivity contribution in [1.29, 1.82) is 0 Å². The predicted molar refractivity (Wildman–Crippen MR) is 122 cm³/mol. The fourth-order valence-corrected chi connectivity index (χ4v) is 4.39. The molecular formula is C22H24N4O5S. The summed E-state index contributed by atoms with van der Waals surface area (Å²) in [6.45, 7) is 2.50. The van der Waals surface area contributed by atoms with Crippen molar-refractivity contribution in [2.24, 2.45) is 0 Å². The molecule has 1 aromatic carbocycles. The largest absolute Gasteiger partial charge is 0.481 e. The Morgan fingerprint density at radius 3 is 2.53 bits per heavy atom. The smallest absolute Gasteiger partial charge is 0.326 e. The number of anilines is 1. The molecule has 0 aliphatic heterocycles. The van der Waals surface area contributed by atoms with Gasteiger partial charge in [-0.3, -0.25) is 9.59 Å². The third-order valence-corrected chi connectivity index (χ3v) is 5.89. The van der Waals surface area contributed by atoms with Gasteiger partial charge in [0, 0.05) is 29.8 Å². The van der Waals surface area contributed by atoms with E-state index >= 15 is 0 Å². The summed E-state index contributed by atoms with van der Waals surface area (Å²) in [6.07, 6.45) is 1.57. The Hall–Kier alpha value is -3.53. The van der Waals surface area contributed by atoms with Crippen molar-refractivity contribution < 1.29 is 24.6 Å². The highest BCUT2D eigenvalue weighted by Crippen LogP contribution is 2.40. The first kappa shape index (κ1) is 23.1. The lowest BCUT2D eigenvalue weighted by Crippen LogP contribution is -2.41. The number of hydrogen-bond acceptors (Lipinski definition) is 7. The summed E-state index contributed by atoms with van der Waals surface area (Å²) in [7, 11) is 0. The lowest BCUT2D eigenvalue weighted by Gasteiger charge is -2.13. The zero-order valence-corrected chi connectivity index (χ0v) is 18.3. The molecule has 10 heteroatoms. The Kier molecular flexibility index (Phi) is 7.72. The molecule has 0 fully saturated rings. The van der Waals surface area contributed by atoms with Gasteiger partial charge in [-0.25, -0.2) is 14.8 Å². The Morgan fingerprint density at radius 1 is 1.09 bits per heavy atom. The third kappa shape index (κ3) is 5.79. The van der Waals surface area contributed by atoms with Gasteiger partial charge >= 0.3 is 11.9 Å². The Morgan fingerprint density at radius 2 is 1.84 bits per heavy atom. The van der Waals surface area contributed by atoms with Crippen LogP contribution in [0.3, 0.4) is 0 Å². The maximum atomic E-state index is 12.1. The van der Waals surface area contributed by atoms with E-state index in [1.54, 1.807) is 11.3 Å². The number of carbonyl (C=O) groups is 3. The van der Waals surface area contributed by atoms with Crippen molar-refractivity contribution in [2.45, 2.75) is 38.6 Å². The van der Waals surface area contributed by atoms with E-state index in [0.717, 1.165) is 26.2 Å². The average molecular weight is 457 g/mol. The first-order chi connectivity index (χ1) is 15.4. The molecule has 32 heavy (non-hydrogen) atoms. The molecule has 1 atom stereocenters. The number of rotatable bonds is 11. The molecular weight excluding hydrogens is 432 g/mol. The lowest BCUT2D eigenvalue weighted by molar-refractivity contribution is -0.143. The van der Waals surface area contributed by atoms with Crippen molar-refractivity contribution in [3.63, 3.8) is 0 Å². The van der Waals surface area contributed by atoms with E-state index in [2.05, 4.69) is 20.6 Å². The van der Waals surface area contributed by atoms with Crippen LogP contribution < -0.4 is 10.6 Å². The number of nitrogens with zero attached hydrogens (tertiary/aromatic N) is 2. The molecule has 0 aliphatic carbocycles. The van der Waals surface area contributed by atoms with Crippen LogP contribution >= 0.6 is 11.3 Å². The van der Waals surface area contributed by atoms with E-state index in [4.69, 9.17) is 10.2 Å². The second kappa shape index (κ2) is 10.7. The minimum Gasteiger partial charge on any atom is -0.481 e. The highest BCUT2D eigenvalue weighted by Gasteiger charge is 2.21. The summed E-state index contributed by atoms with van der Waals surface area (Å²) in [5.41, 5.74) is 2.16. The van der Waals surface area contributed by atoms with Gasteiger partial charge < -0.3 is 20.8 Å². The lowest BCUT2D eigenvalue weighted by atomic mass is 10.0. The van der Waals surface area contributed by atoms with Gasteiger partial charge in [-0.1, -0.05) is 30.3 Å². The van der Waals surface area contributed by atoms with Gasteiger partial charge in [-0.15, -0.1) is 11.3 Å². The van der Waals surface area contributed by atoms with Gasteiger partial charge in [0.1, 0.15) is 23.0 Å². The SMILES string of the molecule is Cc1sc2ncnc(NCCCC(=O)NC(CCC(=O)O)C(=O)O)c2c1-c1ccccc1. The third-order valence-electron chi connectivity index (χ3n) is 4.88. The molecule has 4 N–H and O–H groups in total. The van der Waals surface area contributed by atoms with Crippen LogP contribution in [0.15, 0.2) is 36.7 Å². The molecule has 0 saturated heterocycles. The van der Waals surface area contributed by atoms with Crippen LogP contribution in [0, 0.1) is 6.92 Å². The summed E-state index contributed by atoms with van der Waals surface area (Å²) in [4.78, 5) is 44.7. The number of aryl methyl sites for hydroxylation is 1. The van der Waals surface area contributed by atoms with Crippen LogP contribution in [-0.4, -0.2) is 50.6 Å². The van der Waals surface area contributed by atoms with E-state index in [-0.39, 0.29) is 19.3 Å². The van der Waals surface area contributed by atoms with Crippen molar-refractivity contribution in [1.82, 2.24) is 15.3 Å². The number of nitrogens with one attached hydrogen (secondary N) is 2. The summed E-state index contributed by atoms with van der Waals surface area (Å²) < 4.78 is 0. The normalized spacial score (nSPS) is 11.8. The number of aromatic nitrogens is 2. The molecule has 0 aliphatic rings. The molecule has 168 valence electrons. The Labute approximate surface area is 188 Å². The van der Waals surface area contributed by atoms with Crippen LogP contribution in [0.5, 0.6) is 0 Å². The highest BCUT2D eigenvalue weighted by atomic mass is 32.1. The van der Waals surface area contributed by atoms with Gasteiger partial charge in [-0.05, 0) is 25.3 Å². The van der Waals surface area contributed by atoms with E-state index in [1.165, 1.54) is 6.33 Å². The van der Waals surface area contributed by atoms with Gasteiger partial charge in [0.05, 0.1) is 5.39 Å². The summed E-state index contributed by atoms with van der Waals surface area (Å²) in [5, 5.41) is 24.4. The first-order valence-corrected chi connectivity index (χ1v) is 11.0. The number of fused-ring (bicyclic) bond motifs is 1. The van der Waals surface area contributed by atoms with Gasteiger partial charge in [-0.2, -0.15) is 0 Å². The van der Waals surface area contributed by atoms with E-state index in [1.807, 2.05) is 37.3 Å². The van der Waals surface area contributed by atoms with Crippen LogP contribution in [0.1, 0.15) is 30.6 Å². The van der Waals surface area contributed by atoms with Crippen LogP contribution in [-0.2, 0) is 14.4 Å². The molecule has 0 saturated carbocycles. The quantitative estimate of drug-likeness (QED) is 0.322. The van der Waals surface area contributed by atoms with Crippen LogP contribution in [0.2, 0.25) is 0 Å². The molecule has 0 bridgehead atoms. The molecule has 3 rings (SSSR count). The van der Waals surface area contributed by atoms with Crippen molar-refractivity contribution in [2.75, 3.05) is 11.9 Å². The first-order valence-electron chi connectivity index (χ1n) is 10.1.